The summed E-state index contributed by atoms with van der Waals surface area (Å²) in [4.78, 5) is 23.4. The van der Waals surface area contributed by atoms with Crippen LogP contribution >= 0.6 is 12.4 Å². The summed E-state index contributed by atoms with van der Waals surface area (Å²) in [6, 6.07) is 3.86. The zero-order valence-electron chi connectivity index (χ0n) is 14.9. The first-order chi connectivity index (χ1) is 10.8. The Bertz CT molecular complexity index is 567. The molecule has 2 N–H and O–H groups in total. The molecule has 0 radical (unpaired) electrons. The molecule has 0 saturated heterocycles. The number of likely N-dealkylation sites (N-methyl/N-ethyl adjacent to an activating group) is 1. The Morgan fingerprint density at radius 1 is 1.33 bits per heavy atom. The molecule has 0 fully saturated rings. The summed E-state index contributed by atoms with van der Waals surface area (Å²) in [5.41, 5.74) is -0.0483. The summed E-state index contributed by atoms with van der Waals surface area (Å²) >= 11 is 0. The van der Waals surface area contributed by atoms with E-state index < -0.39 is 12.8 Å². The van der Waals surface area contributed by atoms with Gasteiger partial charge >= 0.3 is 5.97 Å². The van der Waals surface area contributed by atoms with Crippen LogP contribution in [0.15, 0.2) is 18.2 Å². The fourth-order valence-corrected chi connectivity index (χ4v) is 1.45. The van der Waals surface area contributed by atoms with Gasteiger partial charge < -0.3 is 20.1 Å². The second-order valence-electron chi connectivity index (χ2n) is 3.94. The molecule has 0 aliphatic rings. The van der Waals surface area contributed by atoms with E-state index in [1.807, 2.05) is 0 Å². The Morgan fingerprint density at radius 2 is 2.10 bits per heavy atom. The van der Waals surface area contributed by atoms with Gasteiger partial charge in [0.05, 0.1) is 7.11 Å². The predicted molar refractivity (Wildman–Crippen MR) is 82.2 cm³/mol. The molecular formula is C14H21ClN2O4. The first-order valence-corrected chi connectivity index (χ1v) is 6.06. The Balaban J connectivity index is 0.00000529. The van der Waals surface area contributed by atoms with E-state index in [0.29, 0.717) is 13.1 Å². The lowest BCUT2D eigenvalue weighted by Crippen LogP contribution is -2.34. The molecule has 1 aromatic rings. The van der Waals surface area contributed by atoms with Crippen molar-refractivity contribution in [2.45, 2.75) is 6.85 Å². The smallest absolute Gasteiger partial charge is 0.341 e. The van der Waals surface area contributed by atoms with E-state index in [1.54, 1.807) is 7.05 Å². The number of carbonyl (C=O) groups is 2. The lowest BCUT2D eigenvalue weighted by molar-refractivity contribution is -0.123. The van der Waals surface area contributed by atoms with Crippen LogP contribution in [0, 0.1) is 6.85 Å². The van der Waals surface area contributed by atoms with E-state index in [1.165, 1.54) is 25.3 Å². The van der Waals surface area contributed by atoms with Gasteiger partial charge in [-0.15, -0.1) is 12.4 Å². The second-order valence-corrected chi connectivity index (χ2v) is 3.94. The van der Waals surface area contributed by atoms with Crippen LogP contribution in [0.5, 0.6) is 5.75 Å². The van der Waals surface area contributed by atoms with Gasteiger partial charge in [-0.25, -0.2) is 4.79 Å². The van der Waals surface area contributed by atoms with Crippen molar-refractivity contribution in [3.8, 4) is 5.75 Å². The van der Waals surface area contributed by atoms with Crippen LogP contribution in [0.2, 0.25) is 0 Å². The highest BCUT2D eigenvalue weighted by Gasteiger charge is 2.14. The van der Waals surface area contributed by atoms with E-state index in [-0.39, 0.29) is 41.8 Å². The Morgan fingerprint density at radius 3 is 2.71 bits per heavy atom. The third kappa shape index (κ3) is 6.46. The third-order valence-electron chi connectivity index (χ3n) is 2.44. The number of halogens is 1. The maximum absolute atomic E-state index is 11.8. The number of benzene rings is 1. The lowest BCUT2D eigenvalue weighted by atomic mass is 10.1. The zero-order chi connectivity index (χ0) is 17.5. The average molecular weight is 320 g/mol. The van der Waals surface area contributed by atoms with Gasteiger partial charge in [0.2, 0.25) is 0 Å². The fraction of sp³-hybridized carbons (Fsp3) is 0.429. The van der Waals surface area contributed by atoms with Crippen molar-refractivity contribution >= 4 is 24.3 Å². The number of aryl methyl sites for hydroxylation is 1. The number of carbonyl (C=O) groups excluding carboxylic acids is 2. The predicted octanol–water partition coefficient (Wildman–Crippen LogP) is 0.918. The Kier molecular flexibility index (Phi) is 6.75. The van der Waals surface area contributed by atoms with E-state index in [4.69, 9.17) is 8.85 Å². The van der Waals surface area contributed by atoms with Gasteiger partial charge in [-0.1, -0.05) is 11.6 Å². The second kappa shape index (κ2) is 10.0. The van der Waals surface area contributed by atoms with Crippen LogP contribution in [0.4, 0.5) is 0 Å². The number of ether oxygens (including phenoxy) is 2. The lowest BCUT2D eigenvalue weighted by Gasteiger charge is -2.11. The average Bonchev–Trinajstić information content (AvgIpc) is 2.51. The summed E-state index contributed by atoms with van der Waals surface area (Å²) in [6.45, 7) is -1.58. The summed E-state index contributed by atoms with van der Waals surface area (Å²) < 4.78 is 32.0. The molecule has 1 rings (SSSR count). The molecular weight excluding hydrogens is 296 g/mol. The number of methoxy groups -OCH3 is 1. The molecule has 0 atom stereocenters. The van der Waals surface area contributed by atoms with Crippen LogP contribution in [-0.4, -0.2) is 45.7 Å². The maximum atomic E-state index is 11.8. The van der Waals surface area contributed by atoms with Gasteiger partial charge in [0.15, 0.2) is 6.61 Å². The molecule has 0 spiro atoms. The minimum absolute atomic E-state index is 0. The highest BCUT2D eigenvalue weighted by atomic mass is 35.5. The summed E-state index contributed by atoms with van der Waals surface area (Å²) in [5.74, 6) is -0.994. The maximum Gasteiger partial charge on any atom is 0.341 e. The molecule has 0 aliphatic heterocycles. The monoisotopic (exact) mass is 319 g/mol. The molecule has 0 bridgehead atoms. The first-order valence-electron chi connectivity index (χ1n) is 7.56. The van der Waals surface area contributed by atoms with Crippen molar-refractivity contribution < 1.29 is 23.2 Å². The van der Waals surface area contributed by atoms with Crippen molar-refractivity contribution in [2.24, 2.45) is 0 Å². The van der Waals surface area contributed by atoms with Crippen LogP contribution in [-0.2, 0) is 9.53 Å². The SMILES string of the molecule is Cl.[2H]C([2H])([2H])c1ccc(OCC(=O)NCCNC)c(C(=O)OC)c1. The number of amides is 1. The van der Waals surface area contributed by atoms with Crippen molar-refractivity contribution in [1.29, 1.82) is 0 Å². The highest BCUT2D eigenvalue weighted by molar-refractivity contribution is 5.92. The van der Waals surface area contributed by atoms with Gasteiger partial charge in [0, 0.05) is 17.2 Å². The van der Waals surface area contributed by atoms with Crippen molar-refractivity contribution in [3.63, 3.8) is 0 Å². The van der Waals surface area contributed by atoms with Crippen LogP contribution in [0.1, 0.15) is 20.0 Å². The standard InChI is InChI=1S/C14H20N2O4.ClH/c1-10-4-5-12(11(8-10)14(18)19-3)20-9-13(17)16-7-6-15-2;/h4-5,8,15H,6-7,9H2,1-3H3,(H,16,17);1H/i1D3;. The molecule has 0 unspecified atom stereocenters. The summed E-state index contributed by atoms with van der Waals surface area (Å²) in [6.07, 6.45) is 0. The van der Waals surface area contributed by atoms with E-state index in [0.717, 1.165) is 0 Å². The van der Waals surface area contributed by atoms with Crippen LogP contribution < -0.4 is 15.4 Å². The number of hydrogen-bond acceptors (Lipinski definition) is 5. The molecule has 0 aliphatic carbocycles. The summed E-state index contributed by atoms with van der Waals surface area (Å²) in [7, 11) is 2.94. The number of esters is 1. The quantitative estimate of drug-likeness (QED) is 0.577. The van der Waals surface area contributed by atoms with E-state index in [9.17, 15) is 9.59 Å². The Hall–Kier alpha value is -1.79. The molecule has 118 valence electrons. The third-order valence-corrected chi connectivity index (χ3v) is 2.44. The van der Waals surface area contributed by atoms with Gasteiger partial charge in [-0.05, 0) is 26.0 Å². The molecule has 0 heterocycles. The van der Waals surface area contributed by atoms with Crippen LogP contribution in [0.3, 0.4) is 0 Å². The molecule has 21 heavy (non-hydrogen) atoms. The number of nitrogens with one attached hydrogen (secondary N) is 2. The van der Waals surface area contributed by atoms with Crippen molar-refractivity contribution in [1.82, 2.24) is 10.6 Å². The summed E-state index contributed by atoms with van der Waals surface area (Å²) in [5, 5.41) is 5.50. The molecule has 1 amide bonds. The minimum atomic E-state index is -2.36. The largest absolute Gasteiger partial charge is 0.483 e. The van der Waals surface area contributed by atoms with Crippen LogP contribution in [0.25, 0.3) is 0 Å². The molecule has 0 saturated carbocycles. The molecule has 0 aromatic heterocycles. The van der Waals surface area contributed by atoms with Gasteiger partial charge in [-0.3, -0.25) is 4.79 Å². The minimum Gasteiger partial charge on any atom is -0.483 e. The van der Waals surface area contributed by atoms with E-state index in [2.05, 4.69) is 15.4 Å². The topological polar surface area (TPSA) is 76.7 Å². The molecule has 6 nitrogen and oxygen atoms in total. The van der Waals surface area contributed by atoms with Gasteiger partial charge in [0.25, 0.3) is 5.91 Å². The van der Waals surface area contributed by atoms with Gasteiger partial charge in [0.1, 0.15) is 11.3 Å². The molecule has 7 heteroatoms. The fourth-order valence-electron chi connectivity index (χ4n) is 1.45. The van der Waals surface area contributed by atoms with E-state index >= 15 is 0 Å². The number of rotatable bonds is 7. The van der Waals surface area contributed by atoms with Crippen molar-refractivity contribution in [3.05, 3.63) is 29.3 Å². The first kappa shape index (κ1) is 14.2. The normalized spacial score (nSPS) is 12.2. The van der Waals surface area contributed by atoms with Crippen molar-refractivity contribution in [2.75, 3.05) is 33.9 Å². The Labute approximate surface area is 134 Å². The highest BCUT2D eigenvalue weighted by Crippen LogP contribution is 2.20. The number of hydrogen-bond donors (Lipinski definition) is 2. The molecule has 1 aromatic carbocycles. The van der Waals surface area contributed by atoms with Gasteiger partial charge in [-0.2, -0.15) is 0 Å². The zero-order valence-corrected chi connectivity index (χ0v) is 12.7.